The van der Waals surface area contributed by atoms with Crippen molar-refractivity contribution in [2.24, 2.45) is 0 Å². The van der Waals surface area contributed by atoms with E-state index in [0.717, 1.165) is 35.8 Å². The molecule has 0 spiro atoms. The highest BCUT2D eigenvalue weighted by Gasteiger charge is 2.19. The molecule has 1 aliphatic heterocycles. The van der Waals surface area contributed by atoms with Crippen molar-refractivity contribution < 1.29 is 4.79 Å². The van der Waals surface area contributed by atoms with E-state index in [-0.39, 0.29) is 16.9 Å². The molecule has 192 valence electrons. The summed E-state index contributed by atoms with van der Waals surface area (Å²) < 4.78 is 1.95. The maximum absolute atomic E-state index is 12.8. The van der Waals surface area contributed by atoms with Crippen LogP contribution in [0.1, 0.15) is 47.3 Å². The summed E-state index contributed by atoms with van der Waals surface area (Å²) in [5.41, 5.74) is 3.29. The molecule has 1 amide bonds. The standard InChI is InChI=1S/C26H30N8O2S/c1-15-22(28-23(35)16-6-8-17(9-7-16)26(2,3)4)29-25(37-15)20-13-19(24(36)31-30-20)27-21-12-18-14-33(5)10-11-34(18)32-21/h6-9,12-13H,10-11,14H2,1-5H3,(H,28,35)(H,31,36)(H,27,30,32). The van der Waals surface area contributed by atoms with Gasteiger partial charge in [-0.3, -0.25) is 19.2 Å². The van der Waals surface area contributed by atoms with Gasteiger partial charge in [-0.05, 0) is 43.1 Å². The summed E-state index contributed by atoms with van der Waals surface area (Å²) in [5.74, 6) is 0.846. The number of nitrogens with one attached hydrogen (secondary N) is 3. The summed E-state index contributed by atoms with van der Waals surface area (Å²) in [5, 5.41) is 17.9. The number of H-pyrrole nitrogens is 1. The molecule has 0 fully saturated rings. The van der Waals surface area contributed by atoms with Crippen molar-refractivity contribution in [1.29, 1.82) is 0 Å². The van der Waals surface area contributed by atoms with Crippen LogP contribution in [-0.4, -0.2) is 49.4 Å². The van der Waals surface area contributed by atoms with E-state index in [9.17, 15) is 9.59 Å². The predicted octanol–water partition coefficient (Wildman–Crippen LogP) is 4.14. The number of carbonyl (C=O) groups excluding carboxylic acids is 1. The Labute approximate surface area is 218 Å². The molecule has 0 bridgehead atoms. The molecule has 0 unspecified atom stereocenters. The number of benzene rings is 1. The van der Waals surface area contributed by atoms with Gasteiger partial charge in [0.1, 0.15) is 22.2 Å². The van der Waals surface area contributed by atoms with Gasteiger partial charge >= 0.3 is 0 Å². The Morgan fingerprint density at radius 2 is 1.89 bits per heavy atom. The number of amides is 1. The van der Waals surface area contributed by atoms with Gasteiger partial charge in [0.2, 0.25) is 0 Å². The normalized spacial score (nSPS) is 13.9. The molecular weight excluding hydrogens is 488 g/mol. The Hall–Kier alpha value is -3.83. The third kappa shape index (κ3) is 5.32. The number of aromatic nitrogens is 5. The van der Waals surface area contributed by atoms with Crippen molar-refractivity contribution in [3.63, 3.8) is 0 Å². The molecule has 1 aromatic carbocycles. The molecular formula is C26H30N8O2S. The van der Waals surface area contributed by atoms with Crippen molar-refractivity contribution in [1.82, 2.24) is 29.9 Å². The molecule has 0 atom stereocenters. The highest BCUT2D eigenvalue weighted by atomic mass is 32.1. The average molecular weight is 519 g/mol. The van der Waals surface area contributed by atoms with E-state index in [2.05, 4.69) is 63.6 Å². The number of aryl methyl sites for hydroxylation is 1. The molecule has 10 nitrogen and oxygen atoms in total. The Kier molecular flexibility index (Phi) is 6.42. The topological polar surface area (TPSA) is 121 Å². The molecule has 0 saturated heterocycles. The summed E-state index contributed by atoms with van der Waals surface area (Å²) >= 11 is 1.39. The summed E-state index contributed by atoms with van der Waals surface area (Å²) in [6.45, 7) is 10.8. The maximum atomic E-state index is 12.8. The van der Waals surface area contributed by atoms with Gasteiger partial charge in [0.15, 0.2) is 5.82 Å². The molecule has 11 heteroatoms. The lowest BCUT2D eigenvalue weighted by atomic mass is 9.87. The fourth-order valence-corrected chi connectivity index (χ4v) is 4.96. The number of aromatic amines is 1. The fourth-order valence-electron chi connectivity index (χ4n) is 4.13. The average Bonchev–Trinajstić information content (AvgIpc) is 3.42. The SMILES string of the molecule is Cc1sc(-c2cc(Nc3cc4n(n3)CCN(C)C4)c(=O)[nH]n2)nc1NC(=O)c1ccc(C(C)(C)C)cc1. The minimum Gasteiger partial charge on any atom is -0.334 e. The lowest BCUT2D eigenvalue weighted by Gasteiger charge is -2.22. The van der Waals surface area contributed by atoms with Crippen LogP contribution in [0.25, 0.3) is 10.7 Å². The number of likely N-dealkylation sites (N-methyl/N-ethyl adjacent to an activating group) is 1. The smallest absolute Gasteiger partial charge is 0.287 e. The molecule has 0 saturated carbocycles. The van der Waals surface area contributed by atoms with Gasteiger partial charge in [-0.15, -0.1) is 11.3 Å². The van der Waals surface area contributed by atoms with Crippen LogP contribution in [0.2, 0.25) is 0 Å². The number of hydrogen-bond donors (Lipinski definition) is 3. The van der Waals surface area contributed by atoms with Gasteiger partial charge in [0.25, 0.3) is 11.5 Å². The van der Waals surface area contributed by atoms with Crippen molar-refractivity contribution in [3.8, 4) is 10.7 Å². The summed E-state index contributed by atoms with van der Waals surface area (Å²) in [7, 11) is 2.07. The zero-order valence-corrected chi connectivity index (χ0v) is 22.4. The first kappa shape index (κ1) is 24.8. The van der Waals surface area contributed by atoms with E-state index in [1.54, 1.807) is 6.07 Å². The number of nitrogens with zero attached hydrogens (tertiary/aromatic N) is 5. The second-order valence-electron chi connectivity index (χ2n) is 10.3. The summed E-state index contributed by atoms with van der Waals surface area (Å²) in [6.07, 6.45) is 0. The molecule has 4 heterocycles. The van der Waals surface area contributed by atoms with Gasteiger partial charge in [-0.2, -0.15) is 10.2 Å². The fraction of sp³-hybridized carbons (Fsp3) is 0.346. The lowest BCUT2D eigenvalue weighted by molar-refractivity contribution is 0.102. The van der Waals surface area contributed by atoms with Crippen molar-refractivity contribution in [2.75, 3.05) is 24.2 Å². The van der Waals surface area contributed by atoms with E-state index >= 15 is 0 Å². The van der Waals surface area contributed by atoms with Crippen LogP contribution < -0.4 is 16.2 Å². The van der Waals surface area contributed by atoms with Crippen LogP contribution in [-0.2, 0) is 18.5 Å². The second-order valence-corrected chi connectivity index (χ2v) is 11.5. The molecule has 4 aromatic rings. The van der Waals surface area contributed by atoms with E-state index in [4.69, 9.17) is 0 Å². The second kappa shape index (κ2) is 9.56. The number of carbonyl (C=O) groups is 1. The van der Waals surface area contributed by atoms with Crippen LogP contribution >= 0.6 is 11.3 Å². The highest BCUT2D eigenvalue weighted by Crippen LogP contribution is 2.30. The number of rotatable bonds is 5. The largest absolute Gasteiger partial charge is 0.334 e. The number of thiazole rings is 1. The van der Waals surface area contributed by atoms with Crippen LogP contribution in [0, 0.1) is 6.92 Å². The van der Waals surface area contributed by atoms with Gasteiger partial charge < -0.3 is 10.6 Å². The zero-order chi connectivity index (χ0) is 26.3. The number of anilines is 3. The van der Waals surface area contributed by atoms with Gasteiger partial charge in [0.05, 0.1) is 12.2 Å². The minimum absolute atomic E-state index is 0.0145. The third-order valence-electron chi connectivity index (χ3n) is 6.32. The quantitative estimate of drug-likeness (QED) is 0.363. The van der Waals surface area contributed by atoms with Gasteiger partial charge in [-0.25, -0.2) is 10.1 Å². The summed E-state index contributed by atoms with van der Waals surface area (Å²) in [6, 6.07) is 11.2. The Bertz CT molecular complexity index is 1510. The molecule has 0 radical (unpaired) electrons. The van der Waals surface area contributed by atoms with E-state index in [1.165, 1.54) is 11.3 Å². The predicted molar refractivity (Wildman–Crippen MR) is 146 cm³/mol. The first-order valence-corrected chi connectivity index (χ1v) is 12.9. The first-order chi connectivity index (χ1) is 17.6. The van der Waals surface area contributed by atoms with Gasteiger partial charge in [-0.1, -0.05) is 32.9 Å². The van der Waals surface area contributed by atoms with E-state index in [1.807, 2.05) is 41.9 Å². The van der Waals surface area contributed by atoms with Crippen LogP contribution in [0.4, 0.5) is 17.3 Å². The van der Waals surface area contributed by atoms with Crippen LogP contribution in [0.5, 0.6) is 0 Å². The molecule has 3 N–H and O–H groups in total. The lowest BCUT2D eigenvalue weighted by Crippen LogP contribution is -2.30. The molecule has 5 rings (SSSR count). The van der Waals surface area contributed by atoms with Crippen LogP contribution in [0.15, 0.2) is 41.2 Å². The van der Waals surface area contributed by atoms with Crippen molar-refractivity contribution >= 4 is 34.6 Å². The molecule has 37 heavy (non-hydrogen) atoms. The first-order valence-electron chi connectivity index (χ1n) is 12.1. The number of fused-ring (bicyclic) bond motifs is 1. The van der Waals surface area contributed by atoms with E-state index in [0.29, 0.717) is 33.6 Å². The van der Waals surface area contributed by atoms with Crippen LogP contribution in [0.3, 0.4) is 0 Å². The molecule has 3 aromatic heterocycles. The monoisotopic (exact) mass is 518 g/mol. The third-order valence-corrected chi connectivity index (χ3v) is 7.31. The maximum Gasteiger partial charge on any atom is 0.287 e. The van der Waals surface area contributed by atoms with E-state index < -0.39 is 0 Å². The Balaban J connectivity index is 1.34. The van der Waals surface area contributed by atoms with Crippen molar-refractivity contribution in [3.05, 3.63) is 68.4 Å². The van der Waals surface area contributed by atoms with Crippen molar-refractivity contribution in [2.45, 2.75) is 46.2 Å². The Morgan fingerprint density at radius 1 is 1.14 bits per heavy atom. The summed E-state index contributed by atoms with van der Waals surface area (Å²) in [4.78, 5) is 33.0. The number of hydrogen-bond acceptors (Lipinski definition) is 8. The Morgan fingerprint density at radius 3 is 2.62 bits per heavy atom. The zero-order valence-electron chi connectivity index (χ0n) is 21.5. The molecule has 1 aliphatic rings. The minimum atomic E-state index is -0.354. The van der Waals surface area contributed by atoms with Gasteiger partial charge in [0, 0.05) is 29.6 Å². The molecule has 0 aliphatic carbocycles. The highest BCUT2D eigenvalue weighted by molar-refractivity contribution is 7.15.